The first-order valence-corrected chi connectivity index (χ1v) is 10.9. The van der Waals surface area contributed by atoms with Crippen molar-refractivity contribution in [2.75, 3.05) is 13.7 Å². The van der Waals surface area contributed by atoms with Crippen molar-refractivity contribution < 1.29 is 18.7 Å². The summed E-state index contributed by atoms with van der Waals surface area (Å²) in [6.07, 6.45) is 1.39. The van der Waals surface area contributed by atoms with Crippen LogP contribution in [-0.4, -0.2) is 30.8 Å². The maximum atomic E-state index is 12.1. The molecule has 10 heteroatoms. The summed E-state index contributed by atoms with van der Waals surface area (Å²) in [4.78, 5) is 16.3. The van der Waals surface area contributed by atoms with Gasteiger partial charge < -0.3 is 13.9 Å². The van der Waals surface area contributed by atoms with Crippen LogP contribution in [0.1, 0.15) is 22.6 Å². The van der Waals surface area contributed by atoms with Crippen LogP contribution < -0.4 is 10.2 Å². The molecule has 3 rings (SSSR count). The predicted molar refractivity (Wildman–Crippen MR) is 125 cm³/mol. The summed E-state index contributed by atoms with van der Waals surface area (Å²) >= 11 is 6.80. The number of ether oxygens (including phenoxy) is 2. The van der Waals surface area contributed by atoms with Crippen LogP contribution >= 0.6 is 31.9 Å². The van der Waals surface area contributed by atoms with E-state index in [-0.39, 0.29) is 24.7 Å². The number of aryl methyl sites for hydroxylation is 1. The Labute approximate surface area is 201 Å². The number of hydrogen-bond donors (Lipinski definition) is 1. The zero-order chi connectivity index (χ0) is 23.1. The largest absolute Gasteiger partial charge is 0.467 e. The lowest BCUT2D eigenvalue weighted by atomic mass is 10.1. The van der Waals surface area contributed by atoms with Gasteiger partial charge in [-0.1, -0.05) is 28.1 Å². The minimum atomic E-state index is -0.513. The van der Waals surface area contributed by atoms with Gasteiger partial charge in [0.2, 0.25) is 5.88 Å². The van der Waals surface area contributed by atoms with Crippen LogP contribution in [0, 0.1) is 18.3 Å². The molecule has 0 saturated carbocycles. The van der Waals surface area contributed by atoms with Crippen molar-refractivity contribution in [3.8, 4) is 23.3 Å². The molecule has 0 aliphatic carbocycles. The number of nitrogens with zero attached hydrogens (tertiary/aromatic N) is 3. The van der Waals surface area contributed by atoms with Gasteiger partial charge in [0.05, 0.1) is 18.5 Å². The normalized spacial score (nSPS) is 10.8. The second-order valence-electron chi connectivity index (χ2n) is 6.51. The number of aromatic nitrogens is 1. The Balaban J connectivity index is 1.60. The Morgan fingerprint density at radius 1 is 1.28 bits per heavy atom. The molecule has 0 aliphatic heterocycles. The van der Waals surface area contributed by atoms with E-state index < -0.39 is 5.91 Å². The van der Waals surface area contributed by atoms with E-state index in [0.29, 0.717) is 27.3 Å². The molecular formula is C22H18Br2N4O4. The summed E-state index contributed by atoms with van der Waals surface area (Å²) in [5.74, 6) is 0.705. The van der Waals surface area contributed by atoms with Crippen molar-refractivity contribution in [1.29, 1.82) is 5.26 Å². The van der Waals surface area contributed by atoms with Crippen molar-refractivity contribution in [3.05, 3.63) is 67.9 Å². The Hall–Kier alpha value is -3.00. The van der Waals surface area contributed by atoms with Crippen LogP contribution in [0.3, 0.4) is 0 Å². The number of furan rings is 1. The van der Waals surface area contributed by atoms with Gasteiger partial charge in [0.15, 0.2) is 6.61 Å². The number of carbonyl (C=O) groups is 1. The number of nitrogens with one attached hydrogen (secondary N) is 1. The van der Waals surface area contributed by atoms with Crippen LogP contribution in [0.5, 0.6) is 5.88 Å². The summed E-state index contributed by atoms with van der Waals surface area (Å²) in [7, 11) is 1.52. The molecule has 3 aromatic rings. The molecule has 0 atom stereocenters. The summed E-state index contributed by atoms with van der Waals surface area (Å²) in [5.41, 5.74) is 4.70. The van der Waals surface area contributed by atoms with Crippen LogP contribution in [0.4, 0.5) is 0 Å². The molecule has 1 aromatic carbocycles. The Bertz CT molecular complexity index is 1180. The average molecular weight is 562 g/mol. The van der Waals surface area contributed by atoms with Crippen molar-refractivity contribution >= 4 is 44.0 Å². The molecule has 1 amide bonds. The Morgan fingerprint density at radius 2 is 2.03 bits per heavy atom. The summed E-state index contributed by atoms with van der Waals surface area (Å²) in [5, 5.41) is 13.4. The number of amides is 1. The third-order valence-corrected chi connectivity index (χ3v) is 5.83. The van der Waals surface area contributed by atoms with E-state index in [1.165, 1.54) is 13.3 Å². The number of hydrogen-bond acceptors (Lipinski definition) is 7. The SMILES string of the molecule is COCc1c(Br)c(C)nc(OCC(=O)NN=Cc2ccc(-c3ccc(Br)cc3)o2)c1C#N. The molecule has 0 bridgehead atoms. The molecule has 0 fully saturated rings. The van der Waals surface area contributed by atoms with E-state index >= 15 is 0 Å². The van der Waals surface area contributed by atoms with Gasteiger partial charge >= 0.3 is 0 Å². The molecule has 0 radical (unpaired) electrons. The highest BCUT2D eigenvalue weighted by Gasteiger charge is 2.18. The van der Waals surface area contributed by atoms with Gasteiger partial charge in [-0.2, -0.15) is 10.4 Å². The summed E-state index contributed by atoms with van der Waals surface area (Å²) < 4.78 is 18.0. The van der Waals surface area contributed by atoms with Crippen LogP contribution in [0.2, 0.25) is 0 Å². The number of rotatable bonds is 8. The summed E-state index contributed by atoms with van der Waals surface area (Å²) in [6.45, 7) is 1.59. The van der Waals surface area contributed by atoms with Gasteiger partial charge in [0.25, 0.3) is 5.91 Å². The zero-order valence-corrected chi connectivity index (χ0v) is 20.4. The van der Waals surface area contributed by atoms with Crippen molar-refractivity contribution in [2.24, 2.45) is 5.10 Å². The third-order valence-electron chi connectivity index (χ3n) is 4.24. The molecule has 0 spiro atoms. The highest BCUT2D eigenvalue weighted by molar-refractivity contribution is 9.10. The molecule has 0 aliphatic rings. The van der Waals surface area contributed by atoms with E-state index in [0.717, 1.165) is 10.0 Å². The Morgan fingerprint density at radius 3 is 2.72 bits per heavy atom. The minimum Gasteiger partial charge on any atom is -0.467 e. The molecule has 8 nitrogen and oxygen atoms in total. The number of nitriles is 1. The lowest BCUT2D eigenvalue weighted by Gasteiger charge is -2.13. The Kier molecular flexibility index (Phi) is 8.16. The van der Waals surface area contributed by atoms with E-state index in [1.54, 1.807) is 13.0 Å². The standard InChI is InChI=1S/C22H18Br2N4O4/c1-13-21(24)18(11-30-2)17(9-25)22(27-13)31-12-20(29)28-26-10-16-7-8-19(32-16)14-3-5-15(23)6-4-14/h3-8,10H,11-12H2,1-2H3,(H,28,29). The highest BCUT2D eigenvalue weighted by Crippen LogP contribution is 2.30. The fraction of sp³-hybridized carbons (Fsp3) is 0.182. The highest BCUT2D eigenvalue weighted by atomic mass is 79.9. The predicted octanol–water partition coefficient (Wildman–Crippen LogP) is 4.72. The van der Waals surface area contributed by atoms with E-state index in [1.807, 2.05) is 30.3 Å². The smallest absolute Gasteiger partial charge is 0.278 e. The van der Waals surface area contributed by atoms with Crippen molar-refractivity contribution in [3.63, 3.8) is 0 Å². The maximum absolute atomic E-state index is 12.1. The van der Waals surface area contributed by atoms with Crippen molar-refractivity contribution in [1.82, 2.24) is 10.4 Å². The maximum Gasteiger partial charge on any atom is 0.278 e. The number of hydrazone groups is 1. The number of halogens is 2. The fourth-order valence-corrected chi connectivity index (χ4v) is 3.41. The number of benzene rings is 1. The quantitative estimate of drug-likeness (QED) is 0.315. The fourth-order valence-electron chi connectivity index (χ4n) is 2.74. The van der Waals surface area contributed by atoms with E-state index in [9.17, 15) is 10.1 Å². The average Bonchev–Trinajstić information content (AvgIpc) is 3.25. The molecule has 32 heavy (non-hydrogen) atoms. The monoisotopic (exact) mass is 560 g/mol. The van der Waals surface area contributed by atoms with Crippen LogP contribution in [-0.2, 0) is 16.1 Å². The molecule has 0 unspecified atom stereocenters. The second-order valence-corrected chi connectivity index (χ2v) is 8.21. The van der Waals surface area contributed by atoms with Crippen LogP contribution in [0.25, 0.3) is 11.3 Å². The van der Waals surface area contributed by atoms with E-state index in [4.69, 9.17) is 13.9 Å². The zero-order valence-electron chi connectivity index (χ0n) is 17.2. The molecule has 164 valence electrons. The summed E-state index contributed by atoms with van der Waals surface area (Å²) in [6, 6.07) is 13.3. The van der Waals surface area contributed by atoms with Gasteiger partial charge in [0.1, 0.15) is 23.2 Å². The molecule has 1 N–H and O–H groups in total. The van der Waals surface area contributed by atoms with Gasteiger partial charge in [-0.05, 0) is 47.1 Å². The van der Waals surface area contributed by atoms with E-state index in [2.05, 4.69) is 53.4 Å². The lowest BCUT2D eigenvalue weighted by molar-refractivity contribution is -0.123. The lowest BCUT2D eigenvalue weighted by Crippen LogP contribution is -2.25. The van der Waals surface area contributed by atoms with Crippen molar-refractivity contribution in [2.45, 2.75) is 13.5 Å². The van der Waals surface area contributed by atoms with Crippen LogP contribution in [0.15, 0.2) is 54.9 Å². The number of carbonyl (C=O) groups excluding carboxylic acids is 1. The minimum absolute atomic E-state index is 0.0598. The molecule has 2 aromatic heterocycles. The van der Waals surface area contributed by atoms with Gasteiger partial charge in [-0.15, -0.1) is 0 Å². The number of pyridine rings is 1. The molecule has 0 saturated heterocycles. The van der Waals surface area contributed by atoms with Gasteiger partial charge in [-0.3, -0.25) is 4.79 Å². The first-order valence-electron chi connectivity index (χ1n) is 9.31. The second kappa shape index (κ2) is 11.0. The van der Waals surface area contributed by atoms with Gasteiger partial charge in [-0.25, -0.2) is 10.4 Å². The topological polar surface area (TPSA) is 110 Å². The van der Waals surface area contributed by atoms with Gasteiger partial charge in [0, 0.05) is 27.2 Å². The third kappa shape index (κ3) is 5.82. The first kappa shape index (κ1) is 23.7. The number of methoxy groups -OCH3 is 1. The molecule has 2 heterocycles. The first-order chi connectivity index (χ1) is 15.4. The molecular weight excluding hydrogens is 544 g/mol.